The van der Waals surface area contributed by atoms with Crippen molar-refractivity contribution < 1.29 is 4.42 Å². The summed E-state index contributed by atoms with van der Waals surface area (Å²) in [7, 11) is 0. The second kappa shape index (κ2) is 15.5. The molecule has 0 atom stereocenters. The van der Waals surface area contributed by atoms with Crippen LogP contribution in [-0.2, 0) is 6.42 Å². The number of rotatable bonds is 10. The summed E-state index contributed by atoms with van der Waals surface area (Å²) in [4.78, 5) is 15.7. The topological polar surface area (TPSA) is 51.8 Å². The van der Waals surface area contributed by atoms with Crippen LogP contribution in [0.1, 0.15) is 5.56 Å². The average molecular weight is 720 g/mol. The highest BCUT2D eigenvalue weighted by atomic mass is 16.3. The predicted molar refractivity (Wildman–Crippen MR) is 232 cm³/mol. The fourth-order valence-electron chi connectivity index (χ4n) is 7.17. The molecule has 7 aromatic carbocycles. The second-order valence-corrected chi connectivity index (χ2v) is 13.6. The van der Waals surface area contributed by atoms with E-state index in [2.05, 4.69) is 152 Å². The Kier molecular flexibility index (Phi) is 9.51. The van der Waals surface area contributed by atoms with Crippen LogP contribution in [0.4, 0.5) is 0 Å². The molecule has 2 heterocycles. The van der Waals surface area contributed by atoms with Crippen LogP contribution in [0.3, 0.4) is 0 Å². The van der Waals surface area contributed by atoms with E-state index in [0.717, 1.165) is 72.9 Å². The molecule has 56 heavy (non-hydrogen) atoms. The van der Waals surface area contributed by atoms with E-state index < -0.39 is 0 Å². The summed E-state index contributed by atoms with van der Waals surface area (Å²) >= 11 is 0. The van der Waals surface area contributed by atoms with Gasteiger partial charge in [0.05, 0.1) is 0 Å². The number of para-hydroxylation sites is 1. The Labute approximate surface area is 326 Å². The van der Waals surface area contributed by atoms with Gasteiger partial charge in [-0.1, -0.05) is 189 Å². The lowest BCUT2D eigenvalue weighted by molar-refractivity contribution is 0.669. The quantitative estimate of drug-likeness (QED) is 0.132. The average Bonchev–Trinajstić information content (AvgIpc) is 3.66. The zero-order chi connectivity index (χ0) is 37.7. The normalized spacial score (nSPS) is 11.6. The third-order valence-corrected chi connectivity index (χ3v) is 10.0. The minimum absolute atomic E-state index is 0.581. The molecule has 0 aliphatic rings. The summed E-state index contributed by atoms with van der Waals surface area (Å²) in [5.74, 6) is 1.78. The van der Waals surface area contributed by atoms with Crippen molar-refractivity contribution in [1.82, 2.24) is 15.0 Å². The van der Waals surface area contributed by atoms with Gasteiger partial charge in [0.25, 0.3) is 0 Å². The molecule has 0 aliphatic carbocycles. The fourth-order valence-corrected chi connectivity index (χ4v) is 7.17. The second-order valence-electron chi connectivity index (χ2n) is 13.6. The fraction of sp³-hybridized carbons (Fsp3) is 0.0192. The Balaban J connectivity index is 1.22. The van der Waals surface area contributed by atoms with Crippen molar-refractivity contribution in [3.05, 3.63) is 212 Å². The minimum atomic E-state index is 0.581. The van der Waals surface area contributed by atoms with Crippen LogP contribution in [-0.4, -0.2) is 15.0 Å². The zero-order valence-electron chi connectivity index (χ0n) is 30.7. The molecule has 9 rings (SSSR count). The molecule has 9 aromatic rings. The zero-order valence-corrected chi connectivity index (χ0v) is 30.7. The maximum atomic E-state index is 6.45. The van der Waals surface area contributed by atoms with Crippen molar-refractivity contribution in [3.63, 3.8) is 0 Å². The minimum Gasteiger partial charge on any atom is -0.456 e. The monoisotopic (exact) mass is 719 g/mol. The molecular weight excluding hydrogens is 683 g/mol. The maximum Gasteiger partial charge on any atom is 0.165 e. The van der Waals surface area contributed by atoms with Gasteiger partial charge in [0, 0.05) is 27.5 Å². The highest BCUT2D eigenvalue weighted by Gasteiger charge is 2.22. The van der Waals surface area contributed by atoms with Gasteiger partial charge in [0.15, 0.2) is 17.5 Å². The van der Waals surface area contributed by atoms with Gasteiger partial charge in [0.1, 0.15) is 11.2 Å². The summed E-state index contributed by atoms with van der Waals surface area (Å²) < 4.78 is 6.45. The third kappa shape index (κ3) is 7.00. The highest BCUT2D eigenvalue weighted by Crippen LogP contribution is 2.43. The highest BCUT2D eigenvalue weighted by molar-refractivity contribution is 6.15. The van der Waals surface area contributed by atoms with E-state index in [1.54, 1.807) is 6.08 Å². The van der Waals surface area contributed by atoms with Gasteiger partial charge in [-0.05, 0) is 63.6 Å². The molecular formula is C52H37N3O. The number of allylic oxidation sites excluding steroid dienone is 5. The number of aromatic nitrogens is 3. The van der Waals surface area contributed by atoms with E-state index in [9.17, 15) is 0 Å². The third-order valence-electron chi connectivity index (χ3n) is 10.0. The summed E-state index contributed by atoms with van der Waals surface area (Å²) in [6, 6.07) is 58.8. The SMILES string of the molecule is C=C/C=C\C=C/Cc1ccc(-c2nc(-c3ccc(-c4ccccc4)cc3)nc(-c3c(-c4ccc(-c5ccccc5)cc4)ccc4oc5ccccc5c34)n2)cc1. The summed E-state index contributed by atoms with van der Waals surface area (Å²) in [6.45, 7) is 3.74. The lowest BCUT2D eigenvalue weighted by atomic mass is 9.93. The van der Waals surface area contributed by atoms with Crippen molar-refractivity contribution in [2.45, 2.75) is 6.42 Å². The van der Waals surface area contributed by atoms with Crippen molar-refractivity contribution in [2.75, 3.05) is 0 Å². The van der Waals surface area contributed by atoms with Gasteiger partial charge < -0.3 is 4.42 Å². The summed E-state index contributed by atoms with van der Waals surface area (Å²) in [5, 5.41) is 1.98. The molecule has 0 saturated heterocycles. The Bertz CT molecular complexity index is 2850. The number of hydrogen-bond donors (Lipinski definition) is 0. The van der Waals surface area contributed by atoms with E-state index in [-0.39, 0.29) is 0 Å². The molecule has 0 bridgehead atoms. The largest absolute Gasteiger partial charge is 0.456 e. The van der Waals surface area contributed by atoms with Crippen LogP contribution in [0.2, 0.25) is 0 Å². The van der Waals surface area contributed by atoms with Crippen molar-refractivity contribution in [3.8, 4) is 67.5 Å². The Morgan fingerprint density at radius 1 is 0.429 bits per heavy atom. The van der Waals surface area contributed by atoms with Crippen LogP contribution in [0.25, 0.3) is 89.5 Å². The molecule has 2 aromatic heterocycles. The molecule has 0 N–H and O–H groups in total. The van der Waals surface area contributed by atoms with Crippen LogP contribution in [0.15, 0.2) is 211 Å². The first kappa shape index (κ1) is 34.3. The smallest absolute Gasteiger partial charge is 0.165 e. The number of hydrogen-bond acceptors (Lipinski definition) is 4. The first-order chi connectivity index (χ1) is 27.7. The molecule has 0 amide bonds. The summed E-state index contributed by atoms with van der Waals surface area (Å²) in [6.07, 6.45) is 10.7. The Morgan fingerprint density at radius 2 is 0.946 bits per heavy atom. The van der Waals surface area contributed by atoms with Crippen LogP contribution in [0, 0.1) is 0 Å². The van der Waals surface area contributed by atoms with Gasteiger partial charge in [-0.15, -0.1) is 0 Å². The van der Waals surface area contributed by atoms with E-state index in [1.807, 2.05) is 48.6 Å². The van der Waals surface area contributed by atoms with E-state index in [0.29, 0.717) is 17.5 Å². The molecule has 0 fully saturated rings. The predicted octanol–water partition coefficient (Wildman–Crippen LogP) is 13.6. The molecule has 0 unspecified atom stereocenters. The molecule has 4 nitrogen and oxygen atoms in total. The lowest BCUT2D eigenvalue weighted by Gasteiger charge is -2.14. The van der Waals surface area contributed by atoms with Gasteiger partial charge in [-0.2, -0.15) is 0 Å². The molecule has 0 spiro atoms. The number of benzene rings is 7. The summed E-state index contributed by atoms with van der Waals surface area (Å²) in [5.41, 5.74) is 12.2. The van der Waals surface area contributed by atoms with Gasteiger partial charge >= 0.3 is 0 Å². The first-order valence-corrected chi connectivity index (χ1v) is 18.8. The molecule has 0 radical (unpaired) electrons. The van der Waals surface area contributed by atoms with Crippen LogP contribution in [0.5, 0.6) is 0 Å². The molecule has 266 valence electrons. The van der Waals surface area contributed by atoms with Crippen LogP contribution >= 0.6 is 0 Å². The molecule has 0 aliphatic heterocycles. The van der Waals surface area contributed by atoms with Crippen molar-refractivity contribution in [1.29, 1.82) is 0 Å². The maximum absolute atomic E-state index is 6.45. The lowest BCUT2D eigenvalue weighted by Crippen LogP contribution is -2.02. The van der Waals surface area contributed by atoms with Crippen LogP contribution < -0.4 is 0 Å². The van der Waals surface area contributed by atoms with Gasteiger partial charge in [-0.25, -0.2) is 15.0 Å². The van der Waals surface area contributed by atoms with E-state index in [1.165, 1.54) is 11.1 Å². The molecule has 4 heteroatoms. The van der Waals surface area contributed by atoms with Gasteiger partial charge in [-0.3, -0.25) is 0 Å². The number of fused-ring (bicyclic) bond motifs is 3. The standard InChI is InChI=1S/C52H37N3O/c1-2-3-4-5-8-15-36-22-24-42(25-23-36)50-53-51(43-32-28-40(29-33-43)38-18-11-7-12-19-38)55-52(54-50)49-44(34-35-47-48(49)45-20-13-14-21-46(45)56-47)41-30-26-39(27-31-41)37-16-9-6-10-17-37/h2-14,16-35H,1,15H2/b4-3-,8-5-. The van der Waals surface area contributed by atoms with Gasteiger partial charge in [0.2, 0.25) is 0 Å². The molecule has 0 saturated carbocycles. The number of furan rings is 1. The Hall–Kier alpha value is -7.43. The first-order valence-electron chi connectivity index (χ1n) is 18.8. The Morgan fingerprint density at radius 3 is 1.57 bits per heavy atom. The van der Waals surface area contributed by atoms with E-state index >= 15 is 0 Å². The van der Waals surface area contributed by atoms with E-state index in [4.69, 9.17) is 19.4 Å². The van der Waals surface area contributed by atoms with Crippen molar-refractivity contribution in [2.24, 2.45) is 0 Å². The van der Waals surface area contributed by atoms with Crippen molar-refractivity contribution >= 4 is 21.9 Å². The number of nitrogens with zero attached hydrogens (tertiary/aromatic N) is 3.